The molecular formula is C7H9F3N2O. The second-order valence-corrected chi connectivity index (χ2v) is 2.75. The van der Waals surface area contributed by atoms with Gasteiger partial charge in [0.1, 0.15) is 5.82 Å². The van der Waals surface area contributed by atoms with Crippen LogP contribution in [0.4, 0.5) is 13.2 Å². The average molecular weight is 194 g/mol. The zero-order valence-electron chi connectivity index (χ0n) is 6.94. The second-order valence-electron chi connectivity index (χ2n) is 2.75. The number of rotatable bonds is 2. The van der Waals surface area contributed by atoms with Crippen molar-refractivity contribution in [3.8, 4) is 5.88 Å². The molecule has 2 N–H and O–H groups in total. The summed E-state index contributed by atoms with van der Waals surface area (Å²) in [5.74, 6) is -0.0792. The van der Waals surface area contributed by atoms with Crippen LogP contribution in [0.5, 0.6) is 5.88 Å². The molecule has 0 bridgehead atoms. The lowest BCUT2D eigenvalue weighted by molar-refractivity contribution is -0.134. The molecule has 6 heteroatoms. The Morgan fingerprint density at radius 3 is 2.46 bits per heavy atom. The molecule has 0 saturated heterocycles. The van der Waals surface area contributed by atoms with E-state index in [0.717, 1.165) is 0 Å². The van der Waals surface area contributed by atoms with Crippen LogP contribution in [0.1, 0.15) is 17.9 Å². The molecule has 0 amide bonds. The molecule has 0 fully saturated rings. The lowest BCUT2D eigenvalue weighted by Gasteiger charge is -2.02. The van der Waals surface area contributed by atoms with Crippen LogP contribution >= 0.6 is 0 Å². The van der Waals surface area contributed by atoms with Crippen molar-refractivity contribution in [2.24, 2.45) is 0 Å². The molecule has 74 valence electrons. The molecule has 0 radical (unpaired) electrons. The minimum atomic E-state index is -4.18. The summed E-state index contributed by atoms with van der Waals surface area (Å²) in [4.78, 5) is 6.07. The topological polar surface area (TPSA) is 48.9 Å². The van der Waals surface area contributed by atoms with Gasteiger partial charge in [-0.05, 0) is 6.92 Å². The molecule has 0 spiro atoms. The number of imidazole rings is 1. The van der Waals surface area contributed by atoms with Gasteiger partial charge in [0.25, 0.3) is 0 Å². The zero-order chi connectivity index (χ0) is 10.1. The minimum Gasteiger partial charge on any atom is -0.492 e. The molecule has 0 aromatic carbocycles. The molecular weight excluding hydrogens is 185 g/mol. The Labute approximate surface area is 72.6 Å². The number of aromatic amines is 1. The zero-order valence-corrected chi connectivity index (χ0v) is 6.94. The first-order valence-electron chi connectivity index (χ1n) is 3.69. The highest BCUT2D eigenvalue weighted by molar-refractivity contribution is 5.17. The number of alkyl halides is 3. The Kier molecular flexibility index (Phi) is 2.49. The lowest BCUT2D eigenvalue weighted by Crippen LogP contribution is -2.09. The number of hydrogen-bond acceptors (Lipinski definition) is 2. The minimum absolute atomic E-state index is 0.160. The molecule has 1 heterocycles. The Morgan fingerprint density at radius 2 is 2.08 bits per heavy atom. The van der Waals surface area contributed by atoms with Crippen LogP contribution in [0.15, 0.2) is 0 Å². The van der Waals surface area contributed by atoms with Crippen LogP contribution in [0.3, 0.4) is 0 Å². The summed E-state index contributed by atoms with van der Waals surface area (Å²) in [6, 6.07) is 0. The van der Waals surface area contributed by atoms with E-state index in [9.17, 15) is 13.2 Å². The van der Waals surface area contributed by atoms with E-state index in [1.54, 1.807) is 6.92 Å². The van der Waals surface area contributed by atoms with Gasteiger partial charge in [0.15, 0.2) is 0 Å². The fraction of sp³-hybridized carbons (Fsp3) is 0.571. The number of aromatic nitrogens is 2. The number of aryl methyl sites for hydroxylation is 2. The normalized spacial score (nSPS) is 12.0. The van der Waals surface area contributed by atoms with Crippen LogP contribution in [0, 0.1) is 6.92 Å². The van der Waals surface area contributed by atoms with Gasteiger partial charge in [-0.3, -0.25) is 0 Å². The van der Waals surface area contributed by atoms with E-state index in [1.807, 2.05) is 0 Å². The highest BCUT2D eigenvalue weighted by atomic mass is 19.4. The quantitative estimate of drug-likeness (QED) is 0.755. The van der Waals surface area contributed by atoms with Gasteiger partial charge in [0.2, 0.25) is 5.88 Å². The smallest absolute Gasteiger partial charge is 0.389 e. The molecule has 13 heavy (non-hydrogen) atoms. The third-order valence-corrected chi connectivity index (χ3v) is 1.55. The van der Waals surface area contributed by atoms with Gasteiger partial charge in [0.05, 0.1) is 12.1 Å². The van der Waals surface area contributed by atoms with E-state index in [2.05, 4.69) is 9.97 Å². The summed E-state index contributed by atoms with van der Waals surface area (Å²) in [5.41, 5.74) is 0.386. The van der Waals surface area contributed by atoms with Crippen molar-refractivity contribution in [2.45, 2.75) is 25.9 Å². The average Bonchev–Trinajstić information content (AvgIpc) is 2.27. The molecule has 3 nitrogen and oxygen atoms in total. The number of hydrogen-bond donors (Lipinski definition) is 2. The molecule has 0 unspecified atom stereocenters. The predicted octanol–water partition coefficient (Wildman–Crippen LogP) is 1.92. The van der Waals surface area contributed by atoms with E-state index >= 15 is 0 Å². The number of nitrogens with zero attached hydrogens (tertiary/aromatic N) is 1. The largest absolute Gasteiger partial charge is 0.492 e. The van der Waals surface area contributed by atoms with Crippen molar-refractivity contribution in [1.82, 2.24) is 9.97 Å². The summed E-state index contributed by atoms with van der Waals surface area (Å²) < 4.78 is 35.2. The first-order chi connectivity index (χ1) is 5.88. The van der Waals surface area contributed by atoms with Gasteiger partial charge in [0, 0.05) is 6.42 Å². The van der Waals surface area contributed by atoms with E-state index < -0.39 is 12.6 Å². The van der Waals surface area contributed by atoms with Crippen LogP contribution in [0.25, 0.3) is 0 Å². The molecule has 0 aliphatic rings. The third kappa shape index (κ3) is 2.96. The van der Waals surface area contributed by atoms with Crippen molar-refractivity contribution in [2.75, 3.05) is 0 Å². The summed E-state index contributed by atoms with van der Waals surface area (Å²) in [6.45, 7) is 1.54. The highest BCUT2D eigenvalue weighted by Gasteiger charge is 2.27. The van der Waals surface area contributed by atoms with E-state index in [0.29, 0.717) is 5.69 Å². The number of H-pyrrole nitrogens is 1. The van der Waals surface area contributed by atoms with Crippen molar-refractivity contribution < 1.29 is 18.3 Å². The first-order valence-corrected chi connectivity index (χ1v) is 3.69. The number of halogens is 3. The van der Waals surface area contributed by atoms with Crippen molar-refractivity contribution in [3.05, 3.63) is 11.5 Å². The maximum atomic E-state index is 11.7. The van der Waals surface area contributed by atoms with Gasteiger partial charge in [-0.25, -0.2) is 0 Å². The monoisotopic (exact) mass is 194 g/mol. The van der Waals surface area contributed by atoms with Crippen LogP contribution in [0.2, 0.25) is 0 Å². The van der Waals surface area contributed by atoms with Crippen LogP contribution in [-0.2, 0) is 6.42 Å². The van der Waals surface area contributed by atoms with Crippen molar-refractivity contribution >= 4 is 0 Å². The van der Waals surface area contributed by atoms with Crippen LogP contribution in [-0.4, -0.2) is 21.3 Å². The molecule has 0 aliphatic carbocycles. The van der Waals surface area contributed by atoms with Gasteiger partial charge >= 0.3 is 6.18 Å². The Morgan fingerprint density at radius 1 is 1.46 bits per heavy atom. The second kappa shape index (κ2) is 3.27. The van der Waals surface area contributed by atoms with Gasteiger partial charge < -0.3 is 10.1 Å². The Balaban J connectivity index is 2.56. The van der Waals surface area contributed by atoms with Gasteiger partial charge in [-0.1, -0.05) is 0 Å². The summed E-state index contributed by atoms with van der Waals surface area (Å²) in [5, 5.41) is 8.95. The maximum absolute atomic E-state index is 11.7. The summed E-state index contributed by atoms with van der Waals surface area (Å²) >= 11 is 0. The molecule has 1 aromatic heterocycles. The number of aromatic hydroxyl groups is 1. The van der Waals surface area contributed by atoms with E-state index in [1.165, 1.54) is 0 Å². The van der Waals surface area contributed by atoms with Crippen LogP contribution < -0.4 is 0 Å². The third-order valence-electron chi connectivity index (χ3n) is 1.55. The highest BCUT2D eigenvalue weighted by Crippen LogP contribution is 2.22. The molecule has 0 saturated carbocycles. The standard InChI is InChI=1S/C7H9F3N2O/c1-4-6(13)12-5(11-4)2-3-7(8,9)10/h13H,2-3H2,1H3,(H,11,12). The molecule has 0 atom stereocenters. The van der Waals surface area contributed by atoms with E-state index in [-0.39, 0.29) is 18.1 Å². The maximum Gasteiger partial charge on any atom is 0.389 e. The number of nitrogens with one attached hydrogen (secondary N) is 1. The first kappa shape index (κ1) is 9.88. The fourth-order valence-corrected chi connectivity index (χ4v) is 0.891. The fourth-order valence-electron chi connectivity index (χ4n) is 0.891. The lowest BCUT2D eigenvalue weighted by atomic mass is 10.3. The Hall–Kier alpha value is -1.20. The van der Waals surface area contributed by atoms with E-state index in [4.69, 9.17) is 5.11 Å². The summed E-state index contributed by atoms with van der Waals surface area (Å²) in [7, 11) is 0. The SMILES string of the molecule is Cc1[nH]c(CCC(F)(F)F)nc1O. The van der Waals surface area contributed by atoms with Gasteiger partial charge in [-0.15, -0.1) is 0 Å². The van der Waals surface area contributed by atoms with Crippen molar-refractivity contribution in [3.63, 3.8) is 0 Å². The molecule has 1 rings (SSSR count). The predicted molar refractivity (Wildman–Crippen MR) is 39.4 cm³/mol. The summed E-state index contributed by atoms with van der Waals surface area (Å²) in [6.07, 6.45) is -5.35. The van der Waals surface area contributed by atoms with Crippen molar-refractivity contribution in [1.29, 1.82) is 0 Å². The van der Waals surface area contributed by atoms with Gasteiger partial charge in [-0.2, -0.15) is 18.2 Å². The molecule has 1 aromatic rings. The molecule has 0 aliphatic heterocycles. The Bertz CT molecular complexity index is 273.